The van der Waals surface area contributed by atoms with Crippen LogP contribution in [0, 0.1) is 0 Å². The molecular formula is C13H13BrF2N2. The third-order valence-electron chi connectivity index (χ3n) is 2.62. The van der Waals surface area contributed by atoms with Gasteiger partial charge in [-0.15, -0.1) is 0 Å². The van der Waals surface area contributed by atoms with Gasteiger partial charge in [0.15, 0.2) is 0 Å². The molecule has 0 saturated carbocycles. The number of nitrogens with zero attached hydrogens (tertiary/aromatic N) is 2. The Kier molecular flexibility index (Phi) is 3.80. The Balaban J connectivity index is 2.55. The summed E-state index contributed by atoms with van der Waals surface area (Å²) in [6.45, 7) is 3.82. The van der Waals surface area contributed by atoms with Crippen molar-refractivity contribution in [2.24, 2.45) is 0 Å². The summed E-state index contributed by atoms with van der Waals surface area (Å²) in [7, 11) is 0. The van der Waals surface area contributed by atoms with Gasteiger partial charge >= 0.3 is 0 Å². The van der Waals surface area contributed by atoms with Crippen molar-refractivity contribution in [1.29, 1.82) is 0 Å². The lowest BCUT2D eigenvalue weighted by molar-refractivity contribution is 0.152. The number of halogens is 3. The van der Waals surface area contributed by atoms with Crippen LogP contribution in [0.25, 0.3) is 11.3 Å². The third kappa shape index (κ3) is 2.61. The molecular weight excluding hydrogens is 302 g/mol. The first-order chi connectivity index (χ1) is 8.49. The molecule has 0 saturated heterocycles. The summed E-state index contributed by atoms with van der Waals surface area (Å²) in [5.41, 5.74) is 1.01. The summed E-state index contributed by atoms with van der Waals surface area (Å²) >= 11 is 3.33. The van der Waals surface area contributed by atoms with Crippen molar-refractivity contribution in [1.82, 2.24) is 9.78 Å². The number of alkyl halides is 2. The molecule has 0 aliphatic heterocycles. The van der Waals surface area contributed by atoms with Gasteiger partial charge in [0.05, 0.1) is 5.56 Å². The van der Waals surface area contributed by atoms with Crippen LogP contribution in [0.2, 0.25) is 0 Å². The van der Waals surface area contributed by atoms with Gasteiger partial charge in [0.2, 0.25) is 0 Å². The molecule has 2 aromatic rings. The highest BCUT2D eigenvalue weighted by atomic mass is 79.9. The first kappa shape index (κ1) is 13.2. The lowest BCUT2D eigenvalue weighted by Gasteiger charge is -2.03. The van der Waals surface area contributed by atoms with E-state index in [1.807, 2.05) is 26.0 Å². The maximum atomic E-state index is 13.0. The molecule has 0 spiro atoms. The van der Waals surface area contributed by atoms with E-state index >= 15 is 0 Å². The van der Waals surface area contributed by atoms with Crippen molar-refractivity contribution < 1.29 is 8.78 Å². The number of benzene rings is 1. The molecule has 0 unspecified atom stereocenters. The number of hydrogen-bond donors (Lipinski definition) is 0. The monoisotopic (exact) mass is 314 g/mol. The Morgan fingerprint density at radius 1 is 1.28 bits per heavy atom. The van der Waals surface area contributed by atoms with Crippen molar-refractivity contribution in [2.75, 3.05) is 0 Å². The van der Waals surface area contributed by atoms with E-state index in [2.05, 4.69) is 21.0 Å². The van der Waals surface area contributed by atoms with Crippen LogP contribution in [0.5, 0.6) is 0 Å². The Bertz CT molecular complexity index is 550. The second kappa shape index (κ2) is 5.18. The van der Waals surface area contributed by atoms with Crippen molar-refractivity contribution in [3.05, 3.63) is 40.5 Å². The molecule has 18 heavy (non-hydrogen) atoms. The molecule has 0 radical (unpaired) electrons. The Hall–Kier alpha value is -1.23. The lowest BCUT2D eigenvalue weighted by atomic mass is 10.1. The second-order valence-electron chi connectivity index (χ2n) is 4.32. The fourth-order valence-corrected chi connectivity index (χ4v) is 2.09. The summed E-state index contributed by atoms with van der Waals surface area (Å²) in [6, 6.07) is 7.29. The van der Waals surface area contributed by atoms with Crippen molar-refractivity contribution in [3.63, 3.8) is 0 Å². The lowest BCUT2D eigenvalue weighted by Crippen LogP contribution is -2.00. The maximum absolute atomic E-state index is 13.0. The van der Waals surface area contributed by atoms with Gasteiger partial charge in [-0.3, -0.25) is 4.68 Å². The standard InChI is InChI=1S/C13H13BrF2N2/c1-8(2)18-7-11(13(15)16)12(17-18)9-4-3-5-10(14)6-9/h3-8,13H,1-2H3. The van der Waals surface area contributed by atoms with Crippen molar-refractivity contribution in [3.8, 4) is 11.3 Å². The van der Waals surface area contributed by atoms with E-state index in [4.69, 9.17) is 0 Å². The molecule has 0 aliphatic rings. The van der Waals surface area contributed by atoms with Gasteiger partial charge < -0.3 is 0 Å². The van der Waals surface area contributed by atoms with Crippen molar-refractivity contribution >= 4 is 15.9 Å². The molecule has 2 nitrogen and oxygen atoms in total. The second-order valence-corrected chi connectivity index (χ2v) is 5.23. The van der Waals surface area contributed by atoms with Crippen LogP contribution in [-0.2, 0) is 0 Å². The number of aromatic nitrogens is 2. The van der Waals surface area contributed by atoms with Gasteiger partial charge in [0, 0.05) is 22.3 Å². The van der Waals surface area contributed by atoms with E-state index < -0.39 is 6.43 Å². The first-order valence-electron chi connectivity index (χ1n) is 5.62. The molecule has 5 heteroatoms. The highest BCUT2D eigenvalue weighted by Gasteiger charge is 2.19. The first-order valence-corrected chi connectivity index (χ1v) is 6.41. The van der Waals surface area contributed by atoms with E-state index in [1.54, 1.807) is 16.8 Å². The van der Waals surface area contributed by atoms with Gasteiger partial charge in [-0.1, -0.05) is 28.1 Å². The summed E-state index contributed by atoms with van der Waals surface area (Å²) in [5, 5.41) is 4.26. The molecule has 96 valence electrons. The summed E-state index contributed by atoms with van der Waals surface area (Å²) in [5.74, 6) is 0. The molecule has 0 amide bonds. The SMILES string of the molecule is CC(C)n1cc(C(F)F)c(-c2cccc(Br)c2)n1. The van der Waals surface area contributed by atoms with E-state index in [1.165, 1.54) is 6.20 Å². The van der Waals surface area contributed by atoms with Gasteiger partial charge in [-0.05, 0) is 26.0 Å². The Morgan fingerprint density at radius 2 is 2.00 bits per heavy atom. The molecule has 1 aromatic heterocycles. The van der Waals surface area contributed by atoms with E-state index in [0.717, 1.165) is 4.47 Å². The van der Waals surface area contributed by atoms with Crippen molar-refractivity contribution in [2.45, 2.75) is 26.3 Å². The smallest absolute Gasteiger partial charge is 0.267 e. The van der Waals surface area contributed by atoms with Crippen LogP contribution < -0.4 is 0 Å². The topological polar surface area (TPSA) is 17.8 Å². The van der Waals surface area contributed by atoms with Crippen LogP contribution in [0.3, 0.4) is 0 Å². The largest absolute Gasteiger partial charge is 0.269 e. The minimum Gasteiger partial charge on any atom is -0.269 e. The maximum Gasteiger partial charge on any atom is 0.267 e. The molecule has 0 atom stereocenters. The molecule has 0 aliphatic carbocycles. The average molecular weight is 315 g/mol. The summed E-state index contributed by atoms with van der Waals surface area (Å²) in [6.07, 6.45) is -1.10. The molecule has 1 aromatic carbocycles. The minimum atomic E-state index is -2.52. The molecule has 2 rings (SSSR count). The Labute approximate surface area is 113 Å². The third-order valence-corrected chi connectivity index (χ3v) is 3.12. The molecule has 0 N–H and O–H groups in total. The number of hydrogen-bond acceptors (Lipinski definition) is 1. The fourth-order valence-electron chi connectivity index (χ4n) is 1.69. The average Bonchev–Trinajstić information content (AvgIpc) is 2.73. The van der Waals surface area contributed by atoms with Crippen LogP contribution in [0.15, 0.2) is 34.9 Å². The molecule has 0 bridgehead atoms. The van der Waals surface area contributed by atoms with Gasteiger partial charge in [-0.25, -0.2) is 8.78 Å². The molecule has 0 fully saturated rings. The van der Waals surface area contributed by atoms with Gasteiger partial charge in [0.25, 0.3) is 6.43 Å². The normalized spacial score (nSPS) is 11.5. The van der Waals surface area contributed by atoms with E-state index in [9.17, 15) is 8.78 Å². The van der Waals surface area contributed by atoms with Crippen LogP contribution >= 0.6 is 15.9 Å². The van der Waals surface area contributed by atoms with E-state index in [0.29, 0.717) is 11.3 Å². The van der Waals surface area contributed by atoms with Gasteiger partial charge in [-0.2, -0.15) is 5.10 Å². The quantitative estimate of drug-likeness (QED) is 0.793. The highest BCUT2D eigenvalue weighted by Crippen LogP contribution is 2.32. The zero-order chi connectivity index (χ0) is 13.3. The van der Waals surface area contributed by atoms with Crippen LogP contribution in [0.1, 0.15) is 31.9 Å². The predicted octanol–water partition coefficient (Wildman–Crippen LogP) is 4.83. The van der Waals surface area contributed by atoms with Gasteiger partial charge in [0.1, 0.15) is 5.69 Å². The highest BCUT2D eigenvalue weighted by molar-refractivity contribution is 9.10. The summed E-state index contributed by atoms with van der Waals surface area (Å²) in [4.78, 5) is 0. The summed E-state index contributed by atoms with van der Waals surface area (Å²) < 4.78 is 28.5. The zero-order valence-electron chi connectivity index (χ0n) is 10.1. The van der Waals surface area contributed by atoms with Crippen LogP contribution in [-0.4, -0.2) is 9.78 Å². The molecule has 1 heterocycles. The Morgan fingerprint density at radius 3 is 2.56 bits per heavy atom. The van der Waals surface area contributed by atoms with E-state index in [-0.39, 0.29) is 11.6 Å². The van der Waals surface area contributed by atoms with Crippen LogP contribution in [0.4, 0.5) is 8.78 Å². The number of rotatable bonds is 3. The minimum absolute atomic E-state index is 0.0261. The predicted molar refractivity (Wildman–Crippen MR) is 70.7 cm³/mol. The zero-order valence-corrected chi connectivity index (χ0v) is 11.7. The fraction of sp³-hybridized carbons (Fsp3) is 0.308.